The van der Waals surface area contributed by atoms with Crippen LogP contribution in [-0.2, 0) is 17.7 Å². The zero-order valence-corrected chi connectivity index (χ0v) is 18.8. The van der Waals surface area contributed by atoms with Crippen LogP contribution in [0.5, 0.6) is 0 Å². The van der Waals surface area contributed by atoms with Crippen LogP contribution in [-0.4, -0.2) is 65.0 Å². The van der Waals surface area contributed by atoms with Crippen molar-refractivity contribution >= 4 is 29.9 Å². The van der Waals surface area contributed by atoms with Crippen molar-refractivity contribution in [2.24, 2.45) is 10.9 Å². The van der Waals surface area contributed by atoms with Crippen LogP contribution in [0.2, 0.25) is 0 Å². The third-order valence-corrected chi connectivity index (χ3v) is 4.64. The molecule has 1 aromatic heterocycles. The molecule has 8 heteroatoms. The van der Waals surface area contributed by atoms with Gasteiger partial charge in [0.05, 0.1) is 0 Å². The number of halogens is 1. The van der Waals surface area contributed by atoms with Crippen LogP contribution < -0.4 is 5.32 Å². The van der Waals surface area contributed by atoms with Crippen LogP contribution in [0.15, 0.2) is 11.3 Å². The summed E-state index contributed by atoms with van der Waals surface area (Å²) >= 11 is 0. The molecule has 0 radical (unpaired) electrons. The predicted octanol–water partition coefficient (Wildman–Crippen LogP) is 2.56. The Morgan fingerprint density at radius 1 is 1.35 bits per heavy atom. The second kappa shape index (κ2) is 13.3. The van der Waals surface area contributed by atoms with E-state index in [9.17, 15) is 0 Å². The van der Waals surface area contributed by atoms with E-state index in [0.717, 1.165) is 76.5 Å². The number of aryl methyl sites for hydroxylation is 1. The van der Waals surface area contributed by atoms with Crippen molar-refractivity contribution in [2.75, 3.05) is 39.4 Å². The molecular formula is C18H35IN6O. The average molecular weight is 478 g/mol. The Balaban J connectivity index is 0.00000338. The van der Waals surface area contributed by atoms with Crippen LogP contribution in [0.1, 0.15) is 45.9 Å². The molecular weight excluding hydrogens is 443 g/mol. The van der Waals surface area contributed by atoms with Crippen molar-refractivity contribution in [2.45, 2.75) is 53.0 Å². The van der Waals surface area contributed by atoms with Crippen molar-refractivity contribution in [1.29, 1.82) is 0 Å². The van der Waals surface area contributed by atoms with Gasteiger partial charge in [-0.05, 0) is 32.1 Å². The highest BCUT2D eigenvalue weighted by atomic mass is 127. The molecule has 0 bridgehead atoms. The zero-order chi connectivity index (χ0) is 17.9. The van der Waals surface area contributed by atoms with Crippen molar-refractivity contribution in [1.82, 2.24) is 25.0 Å². The molecule has 1 aromatic rings. The Hall–Kier alpha value is -0.900. The number of piperidine rings is 1. The van der Waals surface area contributed by atoms with Crippen molar-refractivity contribution in [3.8, 4) is 0 Å². The lowest BCUT2D eigenvalue weighted by atomic mass is 10.00. The second-order valence-electron chi connectivity index (χ2n) is 6.65. The van der Waals surface area contributed by atoms with E-state index in [2.05, 4.69) is 38.8 Å². The first-order valence-corrected chi connectivity index (χ1v) is 9.72. The van der Waals surface area contributed by atoms with Crippen LogP contribution in [0.3, 0.4) is 0 Å². The van der Waals surface area contributed by atoms with Gasteiger partial charge in [-0.15, -0.1) is 34.2 Å². The molecule has 1 aliphatic rings. The van der Waals surface area contributed by atoms with Crippen LogP contribution in [0, 0.1) is 5.92 Å². The highest BCUT2D eigenvalue weighted by molar-refractivity contribution is 14.0. The van der Waals surface area contributed by atoms with E-state index in [1.165, 1.54) is 12.8 Å². The third-order valence-electron chi connectivity index (χ3n) is 4.64. The quantitative estimate of drug-likeness (QED) is 0.256. The molecule has 2 heterocycles. The van der Waals surface area contributed by atoms with Gasteiger partial charge < -0.3 is 19.5 Å². The fourth-order valence-electron chi connectivity index (χ4n) is 3.01. The molecule has 0 aromatic carbocycles. The predicted molar refractivity (Wildman–Crippen MR) is 116 cm³/mol. The topological polar surface area (TPSA) is 67.6 Å². The maximum Gasteiger partial charge on any atom is 0.193 e. The van der Waals surface area contributed by atoms with E-state index >= 15 is 0 Å². The summed E-state index contributed by atoms with van der Waals surface area (Å²) in [6.45, 7) is 12.7. The van der Waals surface area contributed by atoms with Crippen molar-refractivity contribution in [3.63, 3.8) is 0 Å². The fourth-order valence-corrected chi connectivity index (χ4v) is 3.01. The number of hydrogen-bond acceptors (Lipinski definition) is 4. The fraction of sp³-hybridized carbons (Fsp3) is 0.833. The zero-order valence-electron chi connectivity index (χ0n) is 16.5. The second-order valence-corrected chi connectivity index (χ2v) is 6.65. The number of aliphatic imine (C=N–C) groups is 1. The normalized spacial score (nSPS) is 15.8. The van der Waals surface area contributed by atoms with Gasteiger partial charge in [0.15, 0.2) is 5.96 Å². The molecule has 0 spiro atoms. The molecule has 1 fully saturated rings. The molecule has 0 unspecified atom stereocenters. The molecule has 150 valence electrons. The van der Waals surface area contributed by atoms with E-state index < -0.39 is 0 Å². The van der Waals surface area contributed by atoms with Crippen LogP contribution in [0.4, 0.5) is 0 Å². The first kappa shape index (κ1) is 23.1. The minimum atomic E-state index is 0. The van der Waals surface area contributed by atoms with Gasteiger partial charge in [0.25, 0.3) is 0 Å². The highest BCUT2D eigenvalue weighted by Gasteiger charge is 2.18. The van der Waals surface area contributed by atoms with Gasteiger partial charge in [-0.25, -0.2) is 0 Å². The standard InChI is InChI=1S/C18H34N6O.HI/c1-4-17-22-21-15-24(17)13-10-20-18(19-9-6-14-25-5-2)23-11-7-16(3)8-12-23;/h15-16H,4-14H2,1-3H3,(H,19,20);1H. The Morgan fingerprint density at radius 3 is 2.81 bits per heavy atom. The maximum atomic E-state index is 5.41. The summed E-state index contributed by atoms with van der Waals surface area (Å²) in [5.74, 6) is 2.89. The molecule has 1 aliphatic heterocycles. The summed E-state index contributed by atoms with van der Waals surface area (Å²) in [5, 5.41) is 11.7. The Kier molecular flexibility index (Phi) is 11.8. The monoisotopic (exact) mass is 478 g/mol. The van der Waals surface area contributed by atoms with Gasteiger partial charge in [0, 0.05) is 52.4 Å². The van der Waals surface area contributed by atoms with Gasteiger partial charge >= 0.3 is 0 Å². The molecule has 26 heavy (non-hydrogen) atoms. The van der Waals surface area contributed by atoms with Crippen molar-refractivity contribution < 1.29 is 4.74 Å². The van der Waals surface area contributed by atoms with E-state index in [1.807, 2.05) is 13.3 Å². The SMILES string of the molecule is CCOCCCN=C(NCCn1cnnc1CC)N1CCC(C)CC1.I. The average Bonchev–Trinajstić information content (AvgIpc) is 3.08. The van der Waals surface area contributed by atoms with E-state index in [-0.39, 0.29) is 24.0 Å². The molecule has 2 rings (SSSR count). The Morgan fingerprint density at radius 2 is 2.12 bits per heavy atom. The molecule has 1 saturated heterocycles. The van der Waals surface area contributed by atoms with Crippen molar-refractivity contribution in [3.05, 3.63) is 12.2 Å². The smallest absolute Gasteiger partial charge is 0.193 e. The van der Waals surface area contributed by atoms with E-state index in [0.29, 0.717) is 0 Å². The lowest BCUT2D eigenvalue weighted by Gasteiger charge is -2.33. The summed E-state index contributed by atoms with van der Waals surface area (Å²) < 4.78 is 7.52. The summed E-state index contributed by atoms with van der Waals surface area (Å²) in [7, 11) is 0. The summed E-state index contributed by atoms with van der Waals surface area (Å²) in [6.07, 6.45) is 6.16. The van der Waals surface area contributed by atoms with Gasteiger partial charge in [-0.2, -0.15) is 0 Å². The molecule has 0 atom stereocenters. The molecule has 7 nitrogen and oxygen atoms in total. The number of likely N-dealkylation sites (tertiary alicyclic amines) is 1. The Labute approximate surface area is 175 Å². The third kappa shape index (κ3) is 7.77. The summed E-state index contributed by atoms with van der Waals surface area (Å²) in [4.78, 5) is 7.21. The Bertz CT molecular complexity index is 514. The summed E-state index contributed by atoms with van der Waals surface area (Å²) in [5.41, 5.74) is 0. The number of guanidine groups is 1. The lowest BCUT2D eigenvalue weighted by Crippen LogP contribution is -2.46. The maximum absolute atomic E-state index is 5.41. The lowest BCUT2D eigenvalue weighted by molar-refractivity contribution is 0.146. The first-order valence-electron chi connectivity index (χ1n) is 9.72. The summed E-state index contributed by atoms with van der Waals surface area (Å²) in [6, 6.07) is 0. The molecule has 0 amide bonds. The van der Waals surface area contributed by atoms with E-state index in [4.69, 9.17) is 9.73 Å². The van der Waals surface area contributed by atoms with Crippen LogP contribution >= 0.6 is 24.0 Å². The number of nitrogens with one attached hydrogen (secondary N) is 1. The number of hydrogen-bond donors (Lipinski definition) is 1. The largest absolute Gasteiger partial charge is 0.382 e. The number of ether oxygens (including phenoxy) is 1. The van der Waals surface area contributed by atoms with Crippen LogP contribution in [0.25, 0.3) is 0 Å². The molecule has 0 saturated carbocycles. The number of rotatable bonds is 9. The van der Waals surface area contributed by atoms with Gasteiger partial charge in [0.1, 0.15) is 12.2 Å². The molecule has 1 N–H and O–H groups in total. The van der Waals surface area contributed by atoms with Gasteiger partial charge in [-0.3, -0.25) is 4.99 Å². The first-order chi connectivity index (χ1) is 12.2. The highest BCUT2D eigenvalue weighted by Crippen LogP contribution is 2.15. The number of nitrogens with zero attached hydrogens (tertiary/aromatic N) is 5. The van der Waals surface area contributed by atoms with Gasteiger partial charge in [-0.1, -0.05) is 13.8 Å². The van der Waals surface area contributed by atoms with Gasteiger partial charge in [0.2, 0.25) is 0 Å². The minimum Gasteiger partial charge on any atom is -0.382 e. The van der Waals surface area contributed by atoms with E-state index in [1.54, 1.807) is 0 Å². The molecule has 0 aliphatic carbocycles. The number of aromatic nitrogens is 3. The minimum absolute atomic E-state index is 0.